The van der Waals surface area contributed by atoms with Crippen molar-refractivity contribution in [1.82, 2.24) is 0 Å². The Morgan fingerprint density at radius 1 is 0.643 bits per heavy atom. The van der Waals surface area contributed by atoms with Gasteiger partial charge in [0, 0.05) is 0 Å². The van der Waals surface area contributed by atoms with E-state index in [1.54, 1.807) is 0 Å². The summed E-state index contributed by atoms with van der Waals surface area (Å²) in [5.74, 6) is -0.554. The van der Waals surface area contributed by atoms with Gasteiger partial charge in [0.1, 0.15) is 0 Å². The van der Waals surface area contributed by atoms with Crippen molar-refractivity contribution in [3.05, 3.63) is 59.7 Å². The van der Waals surface area contributed by atoms with Crippen molar-refractivity contribution in [2.24, 2.45) is 0 Å². The second-order valence-corrected chi connectivity index (χ2v) is 18.0. The summed E-state index contributed by atoms with van der Waals surface area (Å²) in [7, 11) is 0. The Kier molecular flexibility index (Phi) is 8.00. The maximum atomic E-state index is 12.6. The van der Waals surface area contributed by atoms with Gasteiger partial charge in [-0.3, -0.25) is 0 Å². The van der Waals surface area contributed by atoms with Crippen LogP contribution in [0.15, 0.2) is 48.5 Å². The van der Waals surface area contributed by atoms with Gasteiger partial charge in [0.25, 0.3) is 0 Å². The summed E-state index contributed by atoms with van der Waals surface area (Å²) in [5, 5.41) is 0. The fraction of sp³-hybridized carbons (Fsp3) is 0.364. The van der Waals surface area contributed by atoms with Gasteiger partial charge >= 0.3 is 185 Å². The third-order valence-electron chi connectivity index (χ3n) is 3.23. The van der Waals surface area contributed by atoms with E-state index in [1.807, 2.05) is 90.1 Å². The fourth-order valence-corrected chi connectivity index (χ4v) is 13.8. The van der Waals surface area contributed by atoms with Crippen molar-refractivity contribution in [2.45, 2.75) is 52.7 Å². The zero-order valence-electron chi connectivity index (χ0n) is 17.1. The van der Waals surface area contributed by atoms with Crippen LogP contribution in [0, 0.1) is 0 Å². The van der Waals surface area contributed by atoms with Crippen LogP contribution in [0.1, 0.15) is 62.3 Å². The van der Waals surface area contributed by atoms with Gasteiger partial charge in [0.2, 0.25) is 0 Å². The quantitative estimate of drug-likeness (QED) is 0.387. The maximum absolute atomic E-state index is 12.6. The van der Waals surface area contributed by atoms with E-state index in [0.717, 1.165) is 7.22 Å². The standard InChI is InChI=1S/C22H26O4Te2/c1-21(2,3)25-19(23)15-11-7-9-13-17(15)27-28-18-14-10-8-12-16(18)20(24)26-22(4,5)6/h7-14H,1-6H3. The minimum atomic E-state index is -0.615. The number of ether oxygens (including phenoxy) is 2. The van der Waals surface area contributed by atoms with E-state index < -0.39 is 45.3 Å². The van der Waals surface area contributed by atoms with Crippen molar-refractivity contribution in [3.8, 4) is 0 Å². The summed E-state index contributed by atoms with van der Waals surface area (Å²) in [6, 6.07) is 15.4. The van der Waals surface area contributed by atoms with Crippen LogP contribution in [-0.4, -0.2) is 57.3 Å². The first-order chi connectivity index (χ1) is 13.0. The summed E-state index contributed by atoms with van der Waals surface area (Å²) in [6.45, 7) is 11.2. The summed E-state index contributed by atoms with van der Waals surface area (Å²) in [5.41, 5.74) is 0.259. The van der Waals surface area contributed by atoms with Crippen LogP contribution in [0.4, 0.5) is 0 Å². The Balaban J connectivity index is 2.20. The molecule has 0 saturated carbocycles. The SMILES string of the molecule is CC(C)(C)OC(=O)c1ccccc1[Te][Te]c1ccccc1C(=O)OC(C)(C)C. The molecule has 6 heteroatoms. The molecule has 0 saturated heterocycles. The van der Waals surface area contributed by atoms with Gasteiger partial charge in [0.15, 0.2) is 0 Å². The Morgan fingerprint density at radius 3 is 1.29 bits per heavy atom. The van der Waals surface area contributed by atoms with Gasteiger partial charge in [-0.25, -0.2) is 0 Å². The number of benzene rings is 2. The predicted octanol–water partition coefficient (Wildman–Crippen LogP) is 2.87. The Bertz CT molecular complexity index is 777. The molecule has 0 bridgehead atoms. The molecule has 0 unspecified atom stereocenters. The molecule has 0 N–H and O–H groups in total. The third-order valence-corrected chi connectivity index (χ3v) is 15.0. The molecule has 2 aromatic carbocycles. The molecule has 2 rings (SSSR count). The normalized spacial score (nSPS) is 11.8. The summed E-state index contributed by atoms with van der Waals surface area (Å²) >= 11 is -1.23. The third kappa shape index (κ3) is 7.41. The fourth-order valence-electron chi connectivity index (χ4n) is 2.17. The van der Waals surface area contributed by atoms with E-state index in [2.05, 4.69) is 0 Å². The van der Waals surface area contributed by atoms with Crippen molar-refractivity contribution < 1.29 is 19.1 Å². The number of rotatable bonds is 5. The molecular formula is C22H26O4Te2. The van der Waals surface area contributed by atoms with Gasteiger partial charge in [-0.1, -0.05) is 0 Å². The van der Waals surface area contributed by atoms with Crippen LogP contribution >= 0.6 is 0 Å². The first-order valence-electron chi connectivity index (χ1n) is 8.95. The van der Waals surface area contributed by atoms with E-state index in [9.17, 15) is 9.59 Å². The molecule has 0 radical (unpaired) electrons. The molecule has 0 aliphatic heterocycles. The first kappa shape index (κ1) is 23.2. The summed E-state index contributed by atoms with van der Waals surface area (Å²) < 4.78 is 13.3. The molecule has 0 spiro atoms. The molecule has 4 nitrogen and oxygen atoms in total. The van der Waals surface area contributed by atoms with E-state index in [-0.39, 0.29) is 11.9 Å². The Morgan fingerprint density at radius 2 is 0.964 bits per heavy atom. The monoisotopic (exact) mass is 614 g/mol. The van der Waals surface area contributed by atoms with Crippen molar-refractivity contribution in [1.29, 1.82) is 0 Å². The van der Waals surface area contributed by atoms with Gasteiger partial charge in [-0.05, 0) is 0 Å². The second kappa shape index (κ2) is 9.64. The molecule has 28 heavy (non-hydrogen) atoms. The Labute approximate surface area is 183 Å². The minimum absolute atomic E-state index is 0.277. The molecular weight excluding hydrogens is 583 g/mol. The van der Waals surface area contributed by atoms with E-state index >= 15 is 0 Å². The van der Waals surface area contributed by atoms with Crippen molar-refractivity contribution in [2.75, 3.05) is 0 Å². The zero-order valence-corrected chi connectivity index (χ0v) is 21.7. The van der Waals surface area contributed by atoms with Crippen LogP contribution in [0.3, 0.4) is 0 Å². The number of esters is 2. The van der Waals surface area contributed by atoms with Gasteiger partial charge in [-0.2, -0.15) is 0 Å². The number of carbonyl (C=O) groups is 2. The molecule has 0 amide bonds. The van der Waals surface area contributed by atoms with E-state index in [1.165, 1.54) is 0 Å². The molecule has 0 aliphatic rings. The molecule has 0 fully saturated rings. The van der Waals surface area contributed by atoms with E-state index in [0.29, 0.717) is 11.1 Å². The van der Waals surface area contributed by atoms with Crippen molar-refractivity contribution >= 4 is 53.3 Å². The van der Waals surface area contributed by atoms with Crippen LogP contribution in [-0.2, 0) is 9.47 Å². The number of hydrogen-bond donors (Lipinski definition) is 0. The molecule has 0 aliphatic carbocycles. The van der Waals surface area contributed by atoms with Crippen LogP contribution < -0.4 is 7.22 Å². The topological polar surface area (TPSA) is 52.6 Å². The van der Waals surface area contributed by atoms with Gasteiger partial charge in [0.05, 0.1) is 0 Å². The van der Waals surface area contributed by atoms with Crippen LogP contribution in [0.25, 0.3) is 0 Å². The predicted molar refractivity (Wildman–Crippen MR) is 114 cm³/mol. The van der Waals surface area contributed by atoms with Crippen molar-refractivity contribution in [3.63, 3.8) is 0 Å². The molecule has 0 atom stereocenters. The average Bonchev–Trinajstić information content (AvgIpc) is 2.57. The molecule has 2 aromatic rings. The van der Waals surface area contributed by atoms with Gasteiger partial charge in [-0.15, -0.1) is 0 Å². The number of carbonyl (C=O) groups excluding carboxylic acids is 2. The summed E-state index contributed by atoms with van der Waals surface area (Å²) in [6.07, 6.45) is 0. The first-order valence-corrected chi connectivity index (χ1v) is 18.6. The number of hydrogen-bond acceptors (Lipinski definition) is 4. The van der Waals surface area contributed by atoms with E-state index in [4.69, 9.17) is 9.47 Å². The van der Waals surface area contributed by atoms with Crippen LogP contribution in [0.5, 0.6) is 0 Å². The summed E-state index contributed by atoms with van der Waals surface area (Å²) in [4.78, 5) is 25.1. The molecule has 0 aromatic heterocycles. The Hall–Kier alpha value is -1.04. The molecule has 150 valence electrons. The molecule has 0 heterocycles. The average molecular weight is 610 g/mol. The van der Waals surface area contributed by atoms with Gasteiger partial charge < -0.3 is 0 Å². The second-order valence-electron chi connectivity index (χ2n) is 8.16. The zero-order chi connectivity index (χ0) is 20.9. The van der Waals surface area contributed by atoms with Crippen LogP contribution in [0.2, 0.25) is 0 Å².